The molecule has 254 valence electrons. The van der Waals surface area contributed by atoms with Crippen LogP contribution in [-0.2, 0) is 33.4 Å². The van der Waals surface area contributed by atoms with Gasteiger partial charge in [-0.15, -0.1) is 0 Å². The van der Waals surface area contributed by atoms with Crippen LogP contribution in [0.2, 0.25) is 0 Å². The molecule has 7 atom stereocenters. The van der Waals surface area contributed by atoms with Gasteiger partial charge in [0.2, 0.25) is 17.7 Å². The fourth-order valence-corrected chi connectivity index (χ4v) is 7.63. The maximum Gasteiger partial charge on any atom is 0.313 e. The number of carbonyl (C=O) groups excluding carboxylic acids is 4. The lowest BCUT2D eigenvalue weighted by molar-refractivity contribution is -0.160. The average molecular weight is 651 g/mol. The third-order valence-corrected chi connectivity index (χ3v) is 10.2. The van der Waals surface area contributed by atoms with Gasteiger partial charge in [-0.25, -0.2) is 0 Å². The molecule has 47 heavy (non-hydrogen) atoms. The second-order valence-electron chi connectivity index (χ2n) is 13.3. The zero-order chi connectivity index (χ0) is 33.1. The number of hydrogen-bond acceptors (Lipinski definition) is 9. The molecule has 3 amide bonds. The molecule has 1 aromatic rings. The third kappa shape index (κ3) is 6.48. The average Bonchev–Trinajstić information content (AvgIpc) is 3.72. The van der Waals surface area contributed by atoms with Crippen molar-refractivity contribution in [3.8, 4) is 0 Å². The molecule has 3 saturated heterocycles. The van der Waals surface area contributed by atoms with Crippen LogP contribution in [0.3, 0.4) is 0 Å². The lowest BCUT2D eigenvalue weighted by Gasteiger charge is -2.40. The number of hydrogen-bond donors (Lipinski definition) is 2. The molecule has 5 bridgehead atoms. The first-order valence-corrected chi connectivity index (χ1v) is 16.8. The Bertz CT molecular complexity index is 1380. The van der Waals surface area contributed by atoms with Crippen LogP contribution in [0.25, 0.3) is 0 Å². The summed E-state index contributed by atoms with van der Waals surface area (Å²) in [5.41, 5.74) is -0.687. The molecule has 12 heteroatoms. The number of aliphatic hydroxyl groups is 1. The molecule has 12 nitrogen and oxygen atoms in total. The quantitative estimate of drug-likeness (QED) is 0.328. The fraction of sp³-hybridized carbons (Fsp3) is 0.600. The van der Waals surface area contributed by atoms with Crippen LogP contribution in [-0.4, -0.2) is 126 Å². The summed E-state index contributed by atoms with van der Waals surface area (Å²) >= 11 is 0. The highest BCUT2D eigenvalue weighted by Gasteiger charge is 2.74. The number of likely N-dealkylation sites (tertiary alicyclic amines) is 1. The fourth-order valence-electron chi connectivity index (χ4n) is 7.63. The highest BCUT2D eigenvalue weighted by Crippen LogP contribution is 2.56. The minimum Gasteiger partial charge on any atom is -0.455 e. The third-order valence-electron chi connectivity index (χ3n) is 10.2. The molecular formula is C35H46N4O8. The standard InChI is InChI=1S/C35H46N4O8/c1-23(2)25(22-40)39-31-33(43)38(16-15-37-17-19-45-20-18-37)14-8-4-7-11-28(41)36-21-27(24-9-5-3-6-10-24)46-34(44)29-26-12-13-35(31,47-26)30(29)32(39)42/h3-6,8-10,12-13,23,25-27,29-31,40H,7,11,14-22H2,1-2H3,(H,36,41)/b8-4-/t25-,26+,27+,29-,30-,31+,35-/m0/s1. The summed E-state index contributed by atoms with van der Waals surface area (Å²) in [6.45, 7) is 7.57. The van der Waals surface area contributed by atoms with Crippen LogP contribution < -0.4 is 5.32 Å². The zero-order valence-electron chi connectivity index (χ0n) is 27.2. The number of allylic oxidation sites excluding steroid dienone is 1. The maximum absolute atomic E-state index is 14.8. The molecule has 1 spiro atoms. The Hall–Kier alpha value is -3.58. The van der Waals surface area contributed by atoms with Crippen molar-refractivity contribution in [2.45, 2.75) is 56.6 Å². The highest BCUT2D eigenvalue weighted by atomic mass is 16.6. The van der Waals surface area contributed by atoms with Crippen molar-refractivity contribution in [3.05, 3.63) is 60.2 Å². The van der Waals surface area contributed by atoms with E-state index < -0.39 is 53.6 Å². The Morgan fingerprint density at radius 2 is 1.79 bits per heavy atom. The Balaban J connectivity index is 1.39. The van der Waals surface area contributed by atoms with Gasteiger partial charge < -0.3 is 34.4 Å². The van der Waals surface area contributed by atoms with Gasteiger partial charge in [-0.1, -0.05) is 68.5 Å². The van der Waals surface area contributed by atoms with E-state index in [0.717, 1.165) is 13.1 Å². The van der Waals surface area contributed by atoms with Crippen LogP contribution in [0.4, 0.5) is 0 Å². The molecule has 0 saturated carbocycles. The molecule has 2 N–H and O–H groups in total. The van der Waals surface area contributed by atoms with E-state index in [9.17, 15) is 24.3 Å². The van der Waals surface area contributed by atoms with Crippen molar-refractivity contribution in [1.29, 1.82) is 0 Å². The molecular weight excluding hydrogens is 604 g/mol. The molecule has 0 unspecified atom stereocenters. The number of rotatable bonds is 7. The molecule has 6 rings (SSSR count). The van der Waals surface area contributed by atoms with Crippen LogP contribution in [0, 0.1) is 17.8 Å². The van der Waals surface area contributed by atoms with Crippen molar-refractivity contribution in [2.24, 2.45) is 17.8 Å². The predicted molar refractivity (Wildman–Crippen MR) is 171 cm³/mol. The van der Waals surface area contributed by atoms with Gasteiger partial charge in [-0.3, -0.25) is 24.1 Å². The van der Waals surface area contributed by atoms with Gasteiger partial charge in [0.15, 0.2) is 0 Å². The summed E-state index contributed by atoms with van der Waals surface area (Å²) in [5, 5.41) is 13.5. The number of benzene rings is 1. The Kier molecular flexibility index (Phi) is 10.1. The molecule has 5 aliphatic heterocycles. The van der Waals surface area contributed by atoms with Gasteiger partial charge >= 0.3 is 5.97 Å². The van der Waals surface area contributed by atoms with Crippen LogP contribution in [0.5, 0.6) is 0 Å². The SMILES string of the molecule is CC(C)[C@H](CO)N1C(=O)[C@@H]2[C@H]3C(=O)O[C@@H](c4ccccc4)CNC(=O)CC/C=C\CN(CCN4CCOCC4)C(=O)[C@@H]1[C@]21C=C[C@H]3O1. The monoisotopic (exact) mass is 650 g/mol. The van der Waals surface area contributed by atoms with Gasteiger partial charge in [-0.2, -0.15) is 0 Å². The summed E-state index contributed by atoms with van der Waals surface area (Å²) in [6, 6.07) is 7.41. The number of ether oxygens (including phenoxy) is 3. The van der Waals surface area contributed by atoms with Gasteiger partial charge in [0.1, 0.15) is 23.7 Å². The molecule has 0 aliphatic carbocycles. The van der Waals surface area contributed by atoms with Gasteiger partial charge in [0.25, 0.3) is 0 Å². The van der Waals surface area contributed by atoms with E-state index in [1.807, 2.05) is 56.3 Å². The number of amides is 3. The highest BCUT2D eigenvalue weighted by molar-refractivity contribution is 5.99. The van der Waals surface area contributed by atoms with Gasteiger partial charge in [0.05, 0.1) is 44.4 Å². The number of nitrogens with one attached hydrogen (secondary N) is 1. The number of cyclic esters (lactones) is 1. The number of aliphatic hydroxyl groups excluding tert-OH is 1. The summed E-state index contributed by atoms with van der Waals surface area (Å²) in [7, 11) is 0. The van der Waals surface area contributed by atoms with Crippen LogP contribution >= 0.6 is 0 Å². The van der Waals surface area contributed by atoms with E-state index in [4.69, 9.17) is 14.2 Å². The topological polar surface area (TPSA) is 138 Å². The first kappa shape index (κ1) is 33.3. The van der Waals surface area contributed by atoms with Crippen molar-refractivity contribution in [1.82, 2.24) is 20.0 Å². The molecule has 5 heterocycles. The second kappa shape index (κ2) is 14.3. The van der Waals surface area contributed by atoms with E-state index >= 15 is 0 Å². The first-order valence-electron chi connectivity index (χ1n) is 16.8. The molecule has 3 fully saturated rings. The Morgan fingerprint density at radius 3 is 2.51 bits per heavy atom. The minimum atomic E-state index is -1.39. The number of nitrogens with zero attached hydrogens (tertiary/aromatic N) is 3. The number of morpholine rings is 1. The predicted octanol–water partition coefficient (Wildman–Crippen LogP) is 1.07. The van der Waals surface area contributed by atoms with E-state index in [-0.39, 0.29) is 43.8 Å². The van der Waals surface area contributed by atoms with Crippen LogP contribution in [0.1, 0.15) is 38.4 Å². The summed E-state index contributed by atoms with van der Waals surface area (Å²) in [6.07, 6.45) is 6.45. The Labute approximate surface area is 275 Å². The van der Waals surface area contributed by atoms with E-state index in [1.54, 1.807) is 17.1 Å². The summed E-state index contributed by atoms with van der Waals surface area (Å²) < 4.78 is 18.2. The van der Waals surface area contributed by atoms with Gasteiger partial charge in [-0.05, 0) is 17.9 Å². The number of fused-ring (bicyclic) bond motifs is 2. The number of carbonyl (C=O) groups is 4. The maximum atomic E-state index is 14.8. The smallest absolute Gasteiger partial charge is 0.313 e. The summed E-state index contributed by atoms with van der Waals surface area (Å²) in [4.78, 5) is 61.8. The van der Waals surface area contributed by atoms with Crippen LogP contribution in [0.15, 0.2) is 54.6 Å². The first-order chi connectivity index (χ1) is 22.7. The normalized spacial score (nSPS) is 33.2. The molecule has 0 radical (unpaired) electrons. The van der Waals surface area contributed by atoms with E-state index in [1.165, 1.54) is 4.90 Å². The number of esters is 1. The Morgan fingerprint density at radius 1 is 1.02 bits per heavy atom. The largest absolute Gasteiger partial charge is 0.455 e. The summed E-state index contributed by atoms with van der Waals surface area (Å²) in [5.74, 6) is -3.71. The molecule has 5 aliphatic rings. The second-order valence-corrected chi connectivity index (χ2v) is 13.3. The lowest BCUT2D eigenvalue weighted by Crippen LogP contribution is -2.60. The molecule has 1 aromatic carbocycles. The minimum absolute atomic E-state index is 0.0681. The van der Waals surface area contributed by atoms with Crippen molar-refractivity contribution >= 4 is 23.7 Å². The van der Waals surface area contributed by atoms with E-state index in [2.05, 4.69) is 10.2 Å². The molecule has 0 aromatic heterocycles. The lowest BCUT2D eigenvalue weighted by atomic mass is 9.74. The van der Waals surface area contributed by atoms with E-state index in [0.29, 0.717) is 38.3 Å². The van der Waals surface area contributed by atoms with Gasteiger partial charge in [0, 0.05) is 39.1 Å². The zero-order valence-corrected chi connectivity index (χ0v) is 27.2. The van der Waals surface area contributed by atoms with Crippen molar-refractivity contribution in [2.75, 3.05) is 59.1 Å². The van der Waals surface area contributed by atoms with Crippen molar-refractivity contribution in [3.63, 3.8) is 0 Å². The van der Waals surface area contributed by atoms with Crippen molar-refractivity contribution < 1.29 is 38.5 Å².